The number of benzene rings is 3. The summed E-state index contributed by atoms with van der Waals surface area (Å²) in [6, 6.07) is 22.7. The maximum atomic E-state index is 12.2. The average molecular weight is 911 g/mol. The van der Waals surface area contributed by atoms with Crippen LogP contribution in [0.1, 0.15) is 119 Å². The summed E-state index contributed by atoms with van der Waals surface area (Å²) in [5, 5.41) is 13.6. The van der Waals surface area contributed by atoms with Gasteiger partial charge in [-0.25, -0.2) is 0 Å². The SMILES string of the molecule is CCC(C)(CC)C(=O)/C=C(\O)C(C)(CC)CC.Cc1c(CC(C)C)oc2c(-c3cccnc3-c3[c-]c4ccccc4c(C(C)(C)C)c3)c(S)ccc12.[Ir]. The molecule has 1 radical (unpaired) electrons. The summed E-state index contributed by atoms with van der Waals surface area (Å²) >= 11 is 4.89. The van der Waals surface area contributed by atoms with Gasteiger partial charge in [0.1, 0.15) is 17.1 Å². The molecular formula is C47H60IrNO3S-. The monoisotopic (exact) mass is 911 g/mol. The second-order valence-electron chi connectivity index (χ2n) is 16.3. The van der Waals surface area contributed by atoms with Crippen LogP contribution >= 0.6 is 12.6 Å². The number of carbonyl (C=O) groups is 1. The van der Waals surface area contributed by atoms with Crippen molar-refractivity contribution in [3.8, 4) is 22.4 Å². The van der Waals surface area contributed by atoms with Crippen molar-refractivity contribution in [2.75, 3.05) is 0 Å². The number of fused-ring (bicyclic) bond motifs is 2. The molecule has 0 amide bonds. The number of aliphatic hydroxyl groups is 1. The first-order chi connectivity index (χ1) is 24.4. The molecule has 0 saturated carbocycles. The predicted molar refractivity (Wildman–Crippen MR) is 224 cm³/mol. The molecule has 3 aromatic carbocycles. The zero-order valence-electron chi connectivity index (χ0n) is 34.0. The Morgan fingerprint density at radius 2 is 1.53 bits per heavy atom. The number of aryl methyl sites for hydroxylation is 1. The van der Waals surface area contributed by atoms with Crippen LogP contribution in [0.25, 0.3) is 44.1 Å². The fourth-order valence-corrected chi connectivity index (χ4v) is 6.93. The number of carbonyl (C=O) groups excluding carboxylic acids is 1. The first-order valence-electron chi connectivity index (χ1n) is 19.0. The molecule has 0 spiro atoms. The van der Waals surface area contributed by atoms with Crippen molar-refractivity contribution >= 4 is 40.2 Å². The van der Waals surface area contributed by atoms with Gasteiger partial charge in [-0.1, -0.05) is 111 Å². The van der Waals surface area contributed by atoms with Crippen molar-refractivity contribution in [1.29, 1.82) is 0 Å². The molecule has 0 saturated heterocycles. The maximum absolute atomic E-state index is 12.2. The Balaban J connectivity index is 0.000000359. The number of pyridine rings is 1. The van der Waals surface area contributed by atoms with Gasteiger partial charge in [-0.15, -0.1) is 41.8 Å². The molecule has 4 nitrogen and oxygen atoms in total. The van der Waals surface area contributed by atoms with Gasteiger partial charge in [0.15, 0.2) is 5.78 Å². The normalized spacial score (nSPS) is 12.5. The van der Waals surface area contributed by atoms with Gasteiger partial charge in [-0.3, -0.25) is 9.78 Å². The van der Waals surface area contributed by atoms with Gasteiger partial charge in [0.25, 0.3) is 0 Å². The number of furan rings is 1. The Bertz CT molecular complexity index is 2060. The van der Waals surface area contributed by atoms with Crippen molar-refractivity contribution in [3.63, 3.8) is 0 Å². The number of allylic oxidation sites excluding steroid dienone is 2. The topological polar surface area (TPSA) is 63.3 Å². The van der Waals surface area contributed by atoms with Crippen LogP contribution in [-0.2, 0) is 36.7 Å². The van der Waals surface area contributed by atoms with E-state index in [1.165, 1.54) is 22.6 Å². The van der Waals surface area contributed by atoms with Gasteiger partial charge in [-0.05, 0) is 73.3 Å². The molecule has 0 unspecified atom stereocenters. The minimum atomic E-state index is -0.337. The molecule has 0 atom stereocenters. The van der Waals surface area contributed by atoms with Crippen LogP contribution in [-0.4, -0.2) is 15.9 Å². The van der Waals surface area contributed by atoms with Crippen LogP contribution in [0.4, 0.5) is 0 Å². The average Bonchev–Trinajstić information content (AvgIpc) is 3.43. The zero-order chi connectivity index (χ0) is 38.6. The number of aromatic nitrogens is 1. The smallest absolute Gasteiger partial charge is 0.164 e. The Kier molecular flexibility index (Phi) is 15.0. The van der Waals surface area contributed by atoms with E-state index < -0.39 is 0 Å². The number of ketones is 1. The Morgan fingerprint density at radius 1 is 0.906 bits per heavy atom. The Morgan fingerprint density at radius 3 is 2.11 bits per heavy atom. The van der Waals surface area contributed by atoms with Crippen LogP contribution < -0.4 is 0 Å². The summed E-state index contributed by atoms with van der Waals surface area (Å²) in [6.45, 7) is 25.4. The van der Waals surface area contributed by atoms with Crippen LogP contribution in [0.3, 0.4) is 0 Å². The summed E-state index contributed by atoms with van der Waals surface area (Å²) in [4.78, 5) is 17.9. The molecule has 6 heteroatoms. The Hall–Kier alpha value is -3.18. The summed E-state index contributed by atoms with van der Waals surface area (Å²) in [5.41, 5.74) is 6.65. The van der Waals surface area contributed by atoms with Crippen molar-refractivity contribution in [1.82, 2.24) is 4.98 Å². The summed E-state index contributed by atoms with van der Waals surface area (Å²) in [7, 11) is 0. The van der Waals surface area contributed by atoms with Gasteiger partial charge in [-0.2, -0.15) is 0 Å². The molecule has 2 aromatic heterocycles. The molecule has 0 fully saturated rings. The van der Waals surface area contributed by atoms with E-state index in [2.05, 4.69) is 96.1 Å². The van der Waals surface area contributed by atoms with Crippen LogP contribution in [0.2, 0.25) is 0 Å². The maximum Gasteiger partial charge on any atom is 0.164 e. The van der Waals surface area contributed by atoms with E-state index in [-0.39, 0.29) is 47.9 Å². The second kappa shape index (κ2) is 18.0. The van der Waals surface area contributed by atoms with E-state index in [4.69, 9.17) is 22.0 Å². The summed E-state index contributed by atoms with van der Waals surface area (Å²) in [6.07, 6.45) is 7.52. The van der Waals surface area contributed by atoms with Crippen molar-refractivity contribution < 1.29 is 34.4 Å². The van der Waals surface area contributed by atoms with E-state index in [9.17, 15) is 9.90 Å². The predicted octanol–water partition coefficient (Wildman–Crippen LogP) is 13.9. The minimum absolute atomic E-state index is 0. The number of thiol groups is 1. The molecular weight excluding hydrogens is 851 g/mol. The van der Waals surface area contributed by atoms with Crippen LogP contribution in [0.5, 0.6) is 0 Å². The van der Waals surface area contributed by atoms with Crippen LogP contribution in [0, 0.1) is 29.7 Å². The molecule has 0 aliphatic rings. The molecule has 1 N–H and O–H groups in total. The van der Waals surface area contributed by atoms with Gasteiger partial charge in [0, 0.05) is 71.2 Å². The number of rotatable bonds is 11. The van der Waals surface area contributed by atoms with Gasteiger partial charge < -0.3 is 9.52 Å². The molecule has 5 rings (SSSR count). The van der Waals surface area contributed by atoms with E-state index in [1.54, 1.807) is 0 Å². The first kappa shape index (κ1) is 44.2. The fourth-order valence-electron chi connectivity index (χ4n) is 6.63. The van der Waals surface area contributed by atoms with E-state index in [1.807, 2.05) is 53.8 Å². The van der Waals surface area contributed by atoms with Gasteiger partial charge in [0.05, 0.1) is 0 Å². The quantitative estimate of drug-likeness (QED) is 0.0600. The van der Waals surface area contributed by atoms with Crippen LogP contribution in [0.15, 0.2) is 81.9 Å². The summed E-state index contributed by atoms with van der Waals surface area (Å²) in [5.74, 6) is 1.85. The molecule has 53 heavy (non-hydrogen) atoms. The molecule has 0 bridgehead atoms. The number of nitrogens with zero attached hydrogens (tertiary/aromatic N) is 1. The zero-order valence-corrected chi connectivity index (χ0v) is 37.2. The number of hydrogen-bond acceptors (Lipinski definition) is 5. The van der Waals surface area contributed by atoms with Crippen molar-refractivity contribution in [2.24, 2.45) is 16.7 Å². The molecule has 0 aliphatic heterocycles. The molecule has 5 aromatic rings. The van der Waals surface area contributed by atoms with Gasteiger partial charge >= 0.3 is 0 Å². The molecule has 2 heterocycles. The fraction of sp³-hybridized carbons (Fsp3) is 0.447. The number of aliphatic hydroxyl groups excluding tert-OH is 1. The third-order valence-corrected chi connectivity index (χ3v) is 11.7. The van der Waals surface area contributed by atoms with Crippen molar-refractivity contribution in [2.45, 2.75) is 125 Å². The second-order valence-corrected chi connectivity index (χ2v) is 16.8. The third kappa shape index (κ3) is 9.56. The minimum Gasteiger partial charge on any atom is -0.512 e. The largest absolute Gasteiger partial charge is 0.512 e. The standard InChI is InChI=1S/C32H32NOS.C15H28O2.Ir/c1-19(2)16-27-20(3)23-13-14-28(35)29(31(23)34-27)25-12-9-15-33-30(25)22-17-21-10-7-8-11-24(21)26(18-22)32(4,5)6;1-7-14(5,8-2)12(16)11-13(17)15(6,9-3)10-4;/h7-15,18-19,35H,16H2,1-6H3;11,16H,7-10H2,1-6H3;/q-1;;/b;12-11-;. The molecule has 287 valence electrons. The Labute approximate surface area is 338 Å². The van der Waals surface area contributed by atoms with E-state index in [0.29, 0.717) is 5.92 Å². The first-order valence-corrected chi connectivity index (χ1v) is 19.5. The molecule has 0 aliphatic carbocycles. The number of hydrogen-bond donors (Lipinski definition) is 2. The van der Waals surface area contributed by atoms with E-state index in [0.717, 1.165) is 81.5 Å². The van der Waals surface area contributed by atoms with Gasteiger partial charge in [0.2, 0.25) is 0 Å². The van der Waals surface area contributed by atoms with Crippen molar-refractivity contribution in [3.05, 3.63) is 95.6 Å². The van der Waals surface area contributed by atoms with E-state index >= 15 is 0 Å². The third-order valence-electron chi connectivity index (χ3n) is 11.3. The summed E-state index contributed by atoms with van der Waals surface area (Å²) < 4.78 is 6.53.